The Bertz CT molecular complexity index is 1250. The van der Waals surface area contributed by atoms with Crippen molar-refractivity contribution in [3.8, 4) is 5.75 Å². The lowest BCUT2D eigenvalue weighted by atomic mass is 10.0. The normalized spacial score (nSPS) is 12.7. The quantitative estimate of drug-likeness (QED) is 0.391. The number of phenols is 1. The van der Waals surface area contributed by atoms with E-state index in [-0.39, 0.29) is 18.1 Å². The molecule has 2 atom stereocenters. The van der Waals surface area contributed by atoms with Crippen LogP contribution in [0.3, 0.4) is 0 Å². The van der Waals surface area contributed by atoms with Gasteiger partial charge in [0.05, 0.1) is 0 Å². The molecule has 0 radical (unpaired) electrons. The van der Waals surface area contributed by atoms with Crippen molar-refractivity contribution < 1.29 is 24.2 Å². The first-order valence-corrected chi connectivity index (χ1v) is 12.4. The number of rotatable bonds is 8. The SMILES string of the molecule is Cc1ccccc1NC(=O)C(c1ccccc1)N(C)C(=O)C(Cc1ccc(O)cc1)NC(=O)OC(C)(C)C. The van der Waals surface area contributed by atoms with Crippen molar-refractivity contribution in [2.75, 3.05) is 12.4 Å². The van der Waals surface area contributed by atoms with Crippen molar-refractivity contribution in [3.05, 3.63) is 95.6 Å². The van der Waals surface area contributed by atoms with Crippen LogP contribution in [-0.4, -0.2) is 46.6 Å². The minimum atomic E-state index is -1.03. The van der Waals surface area contributed by atoms with Gasteiger partial charge in [0.15, 0.2) is 0 Å². The van der Waals surface area contributed by atoms with Gasteiger partial charge in [-0.05, 0) is 62.6 Å². The first-order valence-electron chi connectivity index (χ1n) is 12.4. The molecule has 3 amide bonds. The lowest BCUT2D eigenvalue weighted by Gasteiger charge is -2.32. The molecule has 0 bridgehead atoms. The summed E-state index contributed by atoms with van der Waals surface area (Å²) in [4.78, 5) is 41.5. The van der Waals surface area contributed by atoms with Crippen LogP contribution in [0, 0.1) is 6.92 Å². The zero-order valence-electron chi connectivity index (χ0n) is 22.4. The van der Waals surface area contributed by atoms with Crippen LogP contribution in [0.4, 0.5) is 10.5 Å². The molecule has 3 rings (SSSR count). The summed E-state index contributed by atoms with van der Waals surface area (Å²) < 4.78 is 5.40. The molecule has 3 aromatic rings. The minimum absolute atomic E-state index is 0.0888. The van der Waals surface area contributed by atoms with Gasteiger partial charge in [-0.2, -0.15) is 0 Å². The van der Waals surface area contributed by atoms with Crippen LogP contribution in [0.25, 0.3) is 0 Å². The maximum Gasteiger partial charge on any atom is 0.408 e. The highest BCUT2D eigenvalue weighted by Gasteiger charge is 2.34. The number of ether oxygens (including phenoxy) is 1. The van der Waals surface area contributed by atoms with Crippen molar-refractivity contribution in [3.63, 3.8) is 0 Å². The fourth-order valence-corrected chi connectivity index (χ4v) is 3.99. The minimum Gasteiger partial charge on any atom is -0.508 e. The van der Waals surface area contributed by atoms with Crippen molar-refractivity contribution in [1.29, 1.82) is 0 Å². The third-order valence-corrected chi connectivity index (χ3v) is 5.87. The summed E-state index contributed by atoms with van der Waals surface area (Å²) in [5.41, 5.74) is 2.11. The molecule has 0 aromatic heterocycles. The van der Waals surface area contributed by atoms with Crippen LogP contribution < -0.4 is 10.6 Å². The van der Waals surface area contributed by atoms with Gasteiger partial charge < -0.3 is 25.4 Å². The number of hydrogen-bond acceptors (Lipinski definition) is 5. The highest BCUT2D eigenvalue weighted by molar-refractivity contribution is 5.99. The highest BCUT2D eigenvalue weighted by Crippen LogP contribution is 2.24. The average molecular weight is 518 g/mol. The Morgan fingerprint density at radius 1 is 0.921 bits per heavy atom. The van der Waals surface area contributed by atoms with E-state index in [2.05, 4.69) is 10.6 Å². The molecule has 0 heterocycles. The Morgan fingerprint density at radius 2 is 1.53 bits per heavy atom. The Morgan fingerprint density at radius 3 is 2.13 bits per heavy atom. The second kappa shape index (κ2) is 12.3. The van der Waals surface area contributed by atoms with E-state index >= 15 is 0 Å². The first-order chi connectivity index (χ1) is 17.9. The van der Waals surface area contributed by atoms with Gasteiger partial charge >= 0.3 is 6.09 Å². The number of carbonyl (C=O) groups is 3. The fourth-order valence-electron chi connectivity index (χ4n) is 3.99. The van der Waals surface area contributed by atoms with E-state index in [1.54, 1.807) is 63.2 Å². The summed E-state index contributed by atoms with van der Waals surface area (Å²) in [6.45, 7) is 7.09. The van der Waals surface area contributed by atoms with Gasteiger partial charge in [-0.25, -0.2) is 4.79 Å². The number of likely N-dealkylation sites (N-methyl/N-ethyl adjacent to an activating group) is 1. The number of amides is 3. The molecule has 0 saturated carbocycles. The lowest BCUT2D eigenvalue weighted by Crippen LogP contribution is -2.52. The molecule has 0 aliphatic carbocycles. The standard InChI is InChI=1S/C30H35N3O5/c1-20-11-9-10-14-24(20)31-27(35)26(22-12-7-6-8-13-22)33(5)28(36)25(32-29(37)38-30(2,3)4)19-21-15-17-23(34)18-16-21/h6-18,25-26,34H,19H2,1-5H3,(H,31,35)(H,32,37). The van der Waals surface area contributed by atoms with Gasteiger partial charge in [-0.15, -0.1) is 0 Å². The van der Waals surface area contributed by atoms with Crippen molar-refractivity contribution in [2.24, 2.45) is 0 Å². The number of benzene rings is 3. The second-order valence-corrected chi connectivity index (χ2v) is 10.1. The zero-order valence-corrected chi connectivity index (χ0v) is 22.4. The van der Waals surface area contributed by atoms with Gasteiger partial charge in [-0.3, -0.25) is 9.59 Å². The Labute approximate surface area is 223 Å². The number of hydrogen-bond donors (Lipinski definition) is 3. The average Bonchev–Trinajstić information content (AvgIpc) is 2.85. The van der Waals surface area contributed by atoms with Crippen LogP contribution >= 0.6 is 0 Å². The topological polar surface area (TPSA) is 108 Å². The molecule has 38 heavy (non-hydrogen) atoms. The number of nitrogens with zero attached hydrogens (tertiary/aromatic N) is 1. The Hall–Kier alpha value is -4.33. The van der Waals surface area contributed by atoms with Crippen LogP contribution in [0.2, 0.25) is 0 Å². The van der Waals surface area contributed by atoms with E-state index in [9.17, 15) is 19.5 Å². The van der Waals surface area contributed by atoms with Crippen molar-refractivity contribution >= 4 is 23.6 Å². The lowest BCUT2D eigenvalue weighted by molar-refractivity contribution is -0.139. The molecule has 3 N–H and O–H groups in total. The number of anilines is 1. The molecular weight excluding hydrogens is 482 g/mol. The summed E-state index contributed by atoms with van der Waals surface area (Å²) in [7, 11) is 1.54. The molecule has 3 aromatic carbocycles. The van der Waals surface area contributed by atoms with Gasteiger partial charge in [0, 0.05) is 19.2 Å². The maximum absolute atomic E-state index is 13.9. The monoisotopic (exact) mass is 517 g/mol. The van der Waals surface area contributed by atoms with E-state index in [1.807, 2.05) is 31.2 Å². The van der Waals surface area contributed by atoms with E-state index in [0.29, 0.717) is 16.8 Å². The summed E-state index contributed by atoms with van der Waals surface area (Å²) in [5.74, 6) is -0.773. The third-order valence-electron chi connectivity index (χ3n) is 5.87. The zero-order chi connectivity index (χ0) is 27.9. The van der Waals surface area contributed by atoms with Crippen LogP contribution in [0.1, 0.15) is 43.5 Å². The van der Waals surface area contributed by atoms with E-state index in [1.165, 1.54) is 24.1 Å². The van der Waals surface area contributed by atoms with Crippen molar-refractivity contribution in [2.45, 2.75) is 51.8 Å². The smallest absolute Gasteiger partial charge is 0.408 e. The molecule has 8 heteroatoms. The Kier molecular flexibility index (Phi) is 9.12. The Balaban J connectivity index is 1.93. The summed E-state index contributed by atoms with van der Waals surface area (Å²) in [5, 5.41) is 15.3. The summed E-state index contributed by atoms with van der Waals surface area (Å²) in [6, 6.07) is 20.8. The number of aryl methyl sites for hydroxylation is 1. The number of aromatic hydroxyl groups is 1. The number of para-hydroxylation sites is 1. The fraction of sp³-hybridized carbons (Fsp3) is 0.300. The summed E-state index contributed by atoms with van der Waals surface area (Å²) in [6.07, 6.45) is -0.618. The number of alkyl carbamates (subject to hydrolysis) is 1. The second-order valence-electron chi connectivity index (χ2n) is 10.1. The van der Waals surface area contributed by atoms with Crippen LogP contribution in [-0.2, 0) is 20.7 Å². The molecule has 0 aliphatic heterocycles. The number of nitrogens with one attached hydrogen (secondary N) is 2. The predicted molar refractivity (Wildman–Crippen MR) is 147 cm³/mol. The van der Waals surface area contributed by atoms with Crippen LogP contribution in [0.15, 0.2) is 78.9 Å². The predicted octanol–water partition coefficient (Wildman–Crippen LogP) is 4.97. The molecule has 8 nitrogen and oxygen atoms in total. The van der Waals surface area contributed by atoms with Gasteiger partial charge in [0.1, 0.15) is 23.4 Å². The number of carbonyl (C=O) groups excluding carboxylic acids is 3. The third kappa shape index (κ3) is 7.83. The molecular formula is C30H35N3O5. The molecule has 2 unspecified atom stereocenters. The molecule has 0 saturated heterocycles. The number of phenolic OH excluding ortho intramolecular Hbond substituents is 1. The molecule has 0 aliphatic rings. The van der Waals surface area contributed by atoms with Crippen molar-refractivity contribution in [1.82, 2.24) is 10.2 Å². The van der Waals surface area contributed by atoms with Gasteiger partial charge in [0.25, 0.3) is 5.91 Å². The molecule has 0 fully saturated rings. The molecule has 200 valence electrons. The van der Waals surface area contributed by atoms with Crippen LogP contribution in [0.5, 0.6) is 5.75 Å². The van der Waals surface area contributed by atoms with E-state index in [4.69, 9.17) is 4.74 Å². The first kappa shape index (κ1) is 28.2. The van der Waals surface area contributed by atoms with Gasteiger partial charge in [-0.1, -0.05) is 60.7 Å². The van der Waals surface area contributed by atoms with E-state index < -0.39 is 29.7 Å². The maximum atomic E-state index is 13.9. The molecule has 0 spiro atoms. The highest BCUT2D eigenvalue weighted by atomic mass is 16.6. The summed E-state index contributed by atoms with van der Waals surface area (Å²) >= 11 is 0. The van der Waals surface area contributed by atoms with Gasteiger partial charge in [0.2, 0.25) is 5.91 Å². The largest absolute Gasteiger partial charge is 0.508 e. The van der Waals surface area contributed by atoms with E-state index in [0.717, 1.165) is 5.56 Å².